The van der Waals surface area contributed by atoms with Crippen molar-refractivity contribution in [2.24, 2.45) is 0 Å². The highest BCUT2D eigenvalue weighted by molar-refractivity contribution is 9.10. The lowest BCUT2D eigenvalue weighted by Gasteiger charge is -2.09. The molecule has 2 aromatic rings. The molecule has 0 radical (unpaired) electrons. The number of nitrogens with one attached hydrogen (secondary N) is 1. The molecule has 1 nitrogen and oxygen atoms in total. The monoisotopic (exact) mass is 293 g/mol. The predicted molar refractivity (Wildman–Crippen MR) is 72.6 cm³/mol. The van der Waals surface area contributed by atoms with Crippen LogP contribution < -0.4 is 5.32 Å². The molecular weight excluding hydrogens is 281 g/mol. The maximum atomic E-state index is 13.4. The van der Waals surface area contributed by atoms with Gasteiger partial charge in [-0.25, -0.2) is 4.39 Å². The largest absolute Gasteiger partial charge is 0.380 e. The van der Waals surface area contributed by atoms with Crippen LogP contribution in [-0.2, 0) is 6.54 Å². The van der Waals surface area contributed by atoms with Crippen molar-refractivity contribution in [2.45, 2.75) is 13.5 Å². The van der Waals surface area contributed by atoms with Gasteiger partial charge in [-0.05, 0) is 46.6 Å². The molecule has 0 saturated carbocycles. The van der Waals surface area contributed by atoms with E-state index in [1.807, 2.05) is 31.2 Å². The zero-order chi connectivity index (χ0) is 12.3. The molecule has 0 unspecified atom stereocenters. The van der Waals surface area contributed by atoms with E-state index in [9.17, 15) is 4.39 Å². The standard InChI is InChI=1S/C14H13BrFN/c1-10-6-7-14(12(15)8-10)17-9-11-4-2-3-5-13(11)16/h2-8,17H,9H2,1H3. The molecule has 1 N–H and O–H groups in total. The van der Waals surface area contributed by atoms with Gasteiger partial charge in [-0.3, -0.25) is 0 Å². The number of hydrogen-bond donors (Lipinski definition) is 1. The Morgan fingerprint density at radius 2 is 1.94 bits per heavy atom. The third kappa shape index (κ3) is 3.07. The molecule has 2 aromatic carbocycles. The number of aryl methyl sites for hydroxylation is 1. The van der Waals surface area contributed by atoms with Crippen LogP contribution >= 0.6 is 15.9 Å². The van der Waals surface area contributed by atoms with Crippen molar-refractivity contribution in [3.05, 3.63) is 63.9 Å². The predicted octanol–water partition coefficient (Wildman–Crippen LogP) is 4.51. The third-order valence-corrected chi connectivity index (χ3v) is 3.21. The molecule has 17 heavy (non-hydrogen) atoms. The Kier molecular flexibility index (Phi) is 3.79. The summed E-state index contributed by atoms with van der Waals surface area (Å²) in [5.74, 6) is -0.178. The maximum Gasteiger partial charge on any atom is 0.128 e. The Morgan fingerprint density at radius 1 is 1.18 bits per heavy atom. The van der Waals surface area contributed by atoms with E-state index in [0.29, 0.717) is 12.1 Å². The number of rotatable bonds is 3. The lowest BCUT2D eigenvalue weighted by atomic mass is 10.2. The van der Waals surface area contributed by atoms with E-state index in [1.54, 1.807) is 12.1 Å². The molecule has 0 amide bonds. The fourth-order valence-corrected chi connectivity index (χ4v) is 2.23. The smallest absolute Gasteiger partial charge is 0.128 e. The fourth-order valence-electron chi connectivity index (χ4n) is 1.60. The van der Waals surface area contributed by atoms with Crippen molar-refractivity contribution in [2.75, 3.05) is 5.32 Å². The Hall–Kier alpha value is -1.35. The topological polar surface area (TPSA) is 12.0 Å². The van der Waals surface area contributed by atoms with Crippen LogP contribution in [0.15, 0.2) is 46.9 Å². The maximum absolute atomic E-state index is 13.4. The van der Waals surface area contributed by atoms with Crippen molar-refractivity contribution in [1.29, 1.82) is 0 Å². The summed E-state index contributed by atoms with van der Waals surface area (Å²) in [5, 5.41) is 3.21. The second-order valence-corrected chi connectivity index (χ2v) is 4.78. The van der Waals surface area contributed by atoms with Crippen molar-refractivity contribution in [3.8, 4) is 0 Å². The van der Waals surface area contributed by atoms with Gasteiger partial charge in [0.1, 0.15) is 5.82 Å². The minimum Gasteiger partial charge on any atom is -0.380 e. The molecular formula is C14H13BrFN. The minimum absolute atomic E-state index is 0.178. The van der Waals surface area contributed by atoms with Gasteiger partial charge in [0, 0.05) is 22.3 Å². The average Bonchev–Trinajstić information content (AvgIpc) is 2.30. The number of hydrogen-bond acceptors (Lipinski definition) is 1. The van der Waals surface area contributed by atoms with Crippen LogP contribution in [-0.4, -0.2) is 0 Å². The van der Waals surface area contributed by atoms with Crippen LogP contribution in [0.4, 0.5) is 10.1 Å². The lowest BCUT2D eigenvalue weighted by Crippen LogP contribution is -2.02. The summed E-state index contributed by atoms with van der Waals surface area (Å²) in [6.45, 7) is 2.51. The zero-order valence-electron chi connectivity index (χ0n) is 9.50. The summed E-state index contributed by atoms with van der Waals surface area (Å²) in [6, 6.07) is 12.8. The Balaban J connectivity index is 2.10. The molecule has 0 aliphatic heterocycles. The highest BCUT2D eigenvalue weighted by Crippen LogP contribution is 2.24. The van der Waals surface area contributed by atoms with Gasteiger partial charge in [-0.1, -0.05) is 24.3 Å². The van der Waals surface area contributed by atoms with Crippen molar-refractivity contribution < 1.29 is 4.39 Å². The normalized spacial score (nSPS) is 10.3. The zero-order valence-corrected chi connectivity index (χ0v) is 11.1. The van der Waals surface area contributed by atoms with E-state index in [-0.39, 0.29) is 5.82 Å². The molecule has 0 atom stereocenters. The third-order valence-electron chi connectivity index (χ3n) is 2.55. The second kappa shape index (κ2) is 5.32. The first kappa shape index (κ1) is 12.1. The van der Waals surface area contributed by atoms with Gasteiger partial charge >= 0.3 is 0 Å². The molecule has 0 aliphatic rings. The summed E-state index contributed by atoms with van der Waals surface area (Å²) in [4.78, 5) is 0. The van der Waals surface area contributed by atoms with Gasteiger partial charge in [0.25, 0.3) is 0 Å². The van der Waals surface area contributed by atoms with Crippen molar-refractivity contribution in [3.63, 3.8) is 0 Å². The summed E-state index contributed by atoms with van der Waals surface area (Å²) in [5.41, 5.74) is 2.83. The van der Waals surface area contributed by atoms with Gasteiger partial charge < -0.3 is 5.32 Å². The van der Waals surface area contributed by atoms with Crippen molar-refractivity contribution in [1.82, 2.24) is 0 Å². The van der Waals surface area contributed by atoms with Crippen LogP contribution in [0.2, 0.25) is 0 Å². The van der Waals surface area contributed by atoms with E-state index < -0.39 is 0 Å². The van der Waals surface area contributed by atoms with E-state index in [4.69, 9.17) is 0 Å². The van der Waals surface area contributed by atoms with Gasteiger partial charge in [0.2, 0.25) is 0 Å². The highest BCUT2D eigenvalue weighted by atomic mass is 79.9. The number of anilines is 1. The van der Waals surface area contributed by atoms with Gasteiger partial charge in [-0.2, -0.15) is 0 Å². The Bertz CT molecular complexity index is 525. The van der Waals surface area contributed by atoms with Gasteiger partial charge in [0.15, 0.2) is 0 Å². The van der Waals surface area contributed by atoms with Gasteiger partial charge in [-0.15, -0.1) is 0 Å². The lowest BCUT2D eigenvalue weighted by molar-refractivity contribution is 0.613. The van der Waals surface area contributed by atoms with E-state index in [1.165, 1.54) is 11.6 Å². The molecule has 88 valence electrons. The Labute approximate surface area is 109 Å². The quantitative estimate of drug-likeness (QED) is 0.878. The fraction of sp³-hybridized carbons (Fsp3) is 0.143. The van der Waals surface area contributed by atoms with Crippen LogP contribution in [0.3, 0.4) is 0 Å². The van der Waals surface area contributed by atoms with Crippen LogP contribution in [0.5, 0.6) is 0 Å². The van der Waals surface area contributed by atoms with E-state index in [2.05, 4.69) is 21.2 Å². The van der Waals surface area contributed by atoms with Crippen LogP contribution in [0, 0.1) is 12.7 Å². The van der Waals surface area contributed by atoms with E-state index in [0.717, 1.165) is 10.2 Å². The van der Waals surface area contributed by atoms with E-state index >= 15 is 0 Å². The Morgan fingerprint density at radius 3 is 2.65 bits per heavy atom. The average molecular weight is 294 g/mol. The molecule has 0 heterocycles. The molecule has 0 aromatic heterocycles. The SMILES string of the molecule is Cc1ccc(NCc2ccccc2F)c(Br)c1. The summed E-state index contributed by atoms with van der Waals surface area (Å²) in [7, 11) is 0. The van der Waals surface area contributed by atoms with Crippen molar-refractivity contribution >= 4 is 21.6 Å². The summed E-state index contributed by atoms with van der Waals surface area (Å²) >= 11 is 3.48. The molecule has 0 spiro atoms. The minimum atomic E-state index is -0.178. The molecule has 0 fully saturated rings. The van der Waals surface area contributed by atoms with Gasteiger partial charge in [0.05, 0.1) is 0 Å². The number of halogens is 2. The van der Waals surface area contributed by atoms with Crippen LogP contribution in [0.25, 0.3) is 0 Å². The first-order valence-electron chi connectivity index (χ1n) is 5.40. The second-order valence-electron chi connectivity index (χ2n) is 3.93. The molecule has 0 bridgehead atoms. The molecule has 0 aliphatic carbocycles. The number of benzene rings is 2. The van der Waals surface area contributed by atoms with Crippen LogP contribution in [0.1, 0.15) is 11.1 Å². The summed E-state index contributed by atoms with van der Waals surface area (Å²) < 4.78 is 14.4. The summed E-state index contributed by atoms with van der Waals surface area (Å²) in [6.07, 6.45) is 0. The molecule has 2 rings (SSSR count). The highest BCUT2D eigenvalue weighted by Gasteiger charge is 2.02. The molecule has 3 heteroatoms. The molecule has 0 saturated heterocycles. The first-order chi connectivity index (χ1) is 8.16. The first-order valence-corrected chi connectivity index (χ1v) is 6.19.